The molecule has 3 nitrogen and oxygen atoms in total. The SMILES string of the molecule is OCC(O)[C@@H]1CCc2ccccc2O1. The molecule has 14 heavy (non-hydrogen) atoms. The number of hydrogen-bond acceptors (Lipinski definition) is 3. The van der Waals surface area contributed by atoms with Crippen molar-refractivity contribution in [2.45, 2.75) is 25.0 Å². The third-order valence-electron chi connectivity index (χ3n) is 2.57. The first-order valence-corrected chi connectivity index (χ1v) is 4.84. The lowest BCUT2D eigenvalue weighted by Gasteiger charge is -2.28. The van der Waals surface area contributed by atoms with E-state index in [0.29, 0.717) is 0 Å². The van der Waals surface area contributed by atoms with Crippen LogP contribution in [-0.2, 0) is 6.42 Å². The van der Waals surface area contributed by atoms with Crippen LogP contribution >= 0.6 is 0 Å². The van der Waals surface area contributed by atoms with Gasteiger partial charge in [0.25, 0.3) is 0 Å². The summed E-state index contributed by atoms with van der Waals surface area (Å²) >= 11 is 0. The van der Waals surface area contributed by atoms with Gasteiger partial charge >= 0.3 is 0 Å². The zero-order chi connectivity index (χ0) is 9.97. The molecule has 0 radical (unpaired) electrons. The van der Waals surface area contributed by atoms with Gasteiger partial charge in [-0.15, -0.1) is 0 Å². The number of aliphatic hydroxyl groups is 2. The van der Waals surface area contributed by atoms with Gasteiger partial charge in [0.05, 0.1) is 6.61 Å². The summed E-state index contributed by atoms with van der Waals surface area (Å²) in [5.74, 6) is 0.830. The minimum absolute atomic E-state index is 0.243. The van der Waals surface area contributed by atoms with Crippen molar-refractivity contribution in [2.75, 3.05) is 6.61 Å². The van der Waals surface area contributed by atoms with Crippen molar-refractivity contribution in [1.82, 2.24) is 0 Å². The van der Waals surface area contributed by atoms with Gasteiger partial charge in [-0.05, 0) is 24.5 Å². The van der Waals surface area contributed by atoms with Crippen LogP contribution in [0.2, 0.25) is 0 Å². The van der Waals surface area contributed by atoms with Gasteiger partial charge in [0.1, 0.15) is 18.0 Å². The maximum absolute atomic E-state index is 9.43. The predicted octanol–water partition coefficient (Wildman–Crippen LogP) is 0.733. The molecular formula is C11H14O3. The molecule has 0 aromatic heterocycles. The van der Waals surface area contributed by atoms with Gasteiger partial charge in [-0.25, -0.2) is 0 Å². The molecule has 1 heterocycles. The Hall–Kier alpha value is -1.06. The molecule has 2 N–H and O–H groups in total. The Morgan fingerprint density at radius 3 is 3.00 bits per heavy atom. The summed E-state index contributed by atoms with van der Waals surface area (Å²) in [6.45, 7) is -0.243. The molecule has 0 saturated carbocycles. The number of hydrogen-bond donors (Lipinski definition) is 2. The van der Waals surface area contributed by atoms with Crippen molar-refractivity contribution in [2.24, 2.45) is 0 Å². The van der Waals surface area contributed by atoms with Gasteiger partial charge < -0.3 is 14.9 Å². The number of aliphatic hydroxyl groups excluding tert-OH is 2. The van der Waals surface area contributed by atoms with Crippen LogP contribution in [0.25, 0.3) is 0 Å². The highest BCUT2D eigenvalue weighted by atomic mass is 16.5. The largest absolute Gasteiger partial charge is 0.487 e. The molecule has 0 bridgehead atoms. The van der Waals surface area contributed by atoms with Crippen molar-refractivity contribution in [3.8, 4) is 5.75 Å². The summed E-state index contributed by atoms with van der Waals surface area (Å²) in [6, 6.07) is 7.81. The smallest absolute Gasteiger partial charge is 0.127 e. The molecule has 0 saturated heterocycles. The van der Waals surface area contributed by atoms with E-state index in [1.54, 1.807) is 0 Å². The third kappa shape index (κ3) is 1.74. The lowest BCUT2D eigenvalue weighted by atomic mass is 9.99. The maximum atomic E-state index is 9.43. The maximum Gasteiger partial charge on any atom is 0.127 e. The highest BCUT2D eigenvalue weighted by molar-refractivity contribution is 5.35. The second-order valence-corrected chi connectivity index (χ2v) is 3.55. The quantitative estimate of drug-likeness (QED) is 0.729. The molecule has 1 aromatic carbocycles. The Balaban J connectivity index is 2.13. The molecule has 0 spiro atoms. The summed E-state index contributed by atoms with van der Waals surface area (Å²) in [6.07, 6.45) is 0.620. The molecule has 1 unspecified atom stereocenters. The molecule has 1 aliphatic heterocycles. The van der Waals surface area contributed by atoms with Crippen molar-refractivity contribution in [3.05, 3.63) is 29.8 Å². The predicted molar refractivity (Wildman–Crippen MR) is 52.3 cm³/mol. The van der Waals surface area contributed by atoms with Crippen molar-refractivity contribution >= 4 is 0 Å². The van der Waals surface area contributed by atoms with E-state index in [1.165, 1.54) is 5.56 Å². The molecular weight excluding hydrogens is 180 g/mol. The first kappa shape index (κ1) is 9.49. The van der Waals surface area contributed by atoms with Crippen molar-refractivity contribution in [3.63, 3.8) is 0 Å². The lowest BCUT2D eigenvalue weighted by molar-refractivity contribution is -0.00958. The second kappa shape index (κ2) is 3.98. The zero-order valence-corrected chi connectivity index (χ0v) is 7.89. The van der Waals surface area contributed by atoms with Gasteiger partial charge in [0.15, 0.2) is 0 Å². The second-order valence-electron chi connectivity index (χ2n) is 3.55. The van der Waals surface area contributed by atoms with Gasteiger partial charge in [0, 0.05) is 0 Å². The number of aryl methyl sites for hydroxylation is 1. The third-order valence-corrected chi connectivity index (χ3v) is 2.57. The summed E-state index contributed by atoms with van der Waals surface area (Å²) in [5.41, 5.74) is 1.17. The molecule has 76 valence electrons. The molecule has 0 aliphatic carbocycles. The summed E-state index contributed by atoms with van der Waals surface area (Å²) < 4.78 is 5.57. The average molecular weight is 194 g/mol. The first-order chi connectivity index (χ1) is 6.81. The number of benzene rings is 1. The van der Waals surface area contributed by atoms with E-state index >= 15 is 0 Å². The summed E-state index contributed by atoms with van der Waals surface area (Å²) in [4.78, 5) is 0. The van der Waals surface area contributed by atoms with Gasteiger partial charge in [-0.1, -0.05) is 18.2 Å². The van der Waals surface area contributed by atoms with Crippen LogP contribution in [0.5, 0.6) is 5.75 Å². The monoisotopic (exact) mass is 194 g/mol. The minimum atomic E-state index is -0.775. The number of para-hydroxylation sites is 1. The molecule has 2 atom stereocenters. The fourth-order valence-electron chi connectivity index (χ4n) is 1.73. The molecule has 0 fully saturated rings. The number of rotatable bonds is 2. The molecule has 0 amide bonds. The van der Waals surface area contributed by atoms with Gasteiger partial charge in [-0.3, -0.25) is 0 Å². The van der Waals surface area contributed by atoms with Crippen LogP contribution in [0.1, 0.15) is 12.0 Å². The highest BCUT2D eigenvalue weighted by Crippen LogP contribution is 2.27. The fraction of sp³-hybridized carbons (Fsp3) is 0.455. The van der Waals surface area contributed by atoms with E-state index < -0.39 is 6.10 Å². The van der Waals surface area contributed by atoms with Crippen molar-refractivity contribution < 1.29 is 14.9 Å². The van der Waals surface area contributed by atoms with E-state index in [9.17, 15) is 5.11 Å². The topological polar surface area (TPSA) is 49.7 Å². The Morgan fingerprint density at radius 2 is 2.21 bits per heavy atom. The van der Waals surface area contributed by atoms with Crippen LogP contribution in [-0.4, -0.2) is 29.0 Å². The number of ether oxygens (including phenoxy) is 1. The van der Waals surface area contributed by atoms with Crippen LogP contribution in [0.4, 0.5) is 0 Å². The van der Waals surface area contributed by atoms with E-state index in [-0.39, 0.29) is 12.7 Å². The Morgan fingerprint density at radius 1 is 1.43 bits per heavy atom. The summed E-state index contributed by atoms with van der Waals surface area (Å²) in [5, 5.41) is 18.2. The normalized spacial score (nSPS) is 22.3. The minimum Gasteiger partial charge on any atom is -0.487 e. The van der Waals surface area contributed by atoms with Gasteiger partial charge in [-0.2, -0.15) is 0 Å². The van der Waals surface area contributed by atoms with Crippen LogP contribution < -0.4 is 4.74 Å². The first-order valence-electron chi connectivity index (χ1n) is 4.84. The van der Waals surface area contributed by atoms with Crippen LogP contribution in [0.15, 0.2) is 24.3 Å². The Labute approximate surface area is 83.0 Å². The molecule has 1 aromatic rings. The van der Waals surface area contributed by atoms with Gasteiger partial charge in [0.2, 0.25) is 0 Å². The van der Waals surface area contributed by atoms with Crippen LogP contribution in [0.3, 0.4) is 0 Å². The van der Waals surface area contributed by atoms with Crippen LogP contribution in [0, 0.1) is 0 Å². The fourth-order valence-corrected chi connectivity index (χ4v) is 1.73. The Kier molecular flexibility index (Phi) is 2.70. The lowest BCUT2D eigenvalue weighted by Crippen LogP contribution is -2.37. The summed E-state index contributed by atoms with van der Waals surface area (Å²) in [7, 11) is 0. The van der Waals surface area contributed by atoms with E-state index in [1.807, 2.05) is 24.3 Å². The number of fused-ring (bicyclic) bond motifs is 1. The molecule has 2 rings (SSSR count). The van der Waals surface area contributed by atoms with E-state index in [2.05, 4.69) is 0 Å². The average Bonchev–Trinajstić information content (AvgIpc) is 2.27. The van der Waals surface area contributed by atoms with E-state index in [0.717, 1.165) is 18.6 Å². The molecule has 3 heteroatoms. The standard InChI is InChI=1S/C11H14O3/c12-7-9(13)11-6-5-8-3-1-2-4-10(8)14-11/h1-4,9,11-13H,5-7H2/t9?,11-/m0/s1. The van der Waals surface area contributed by atoms with E-state index in [4.69, 9.17) is 9.84 Å². The molecule has 1 aliphatic rings. The highest BCUT2D eigenvalue weighted by Gasteiger charge is 2.25. The zero-order valence-electron chi connectivity index (χ0n) is 7.89. The van der Waals surface area contributed by atoms with Crippen molar-refractivity contribution in [1.29, 1.82) is 0 Å². The Bertz CT molecular complexity index is 311.